The maximum atomic E-state index is 14.0. The highest BCUT2D eigenvalue weighted by Gasteiger charge is 2.34. The van der Waals surface area contributed by atoms with Crippen LogP contribution in [0, 0.1) is 10.1 Å². The second-order valence-electron chi connectivity index (χ2n) is 11.6. The molecule has 0 spiro atoms. The molecule has 1 aliphatic rings. The number of benzene rings is 1. The molecule has 0 radical (unpaired) electrons. The second-order valence-corrected chi connectivity index (χ2v) is 13.5. The SMILES string of the molecule is CCCOc1ccc(S(=O)(=O)N2CCN(C(CCCCO[N+](=O)[O-])C(=O)OCC)CC2)cc1-c1nc2c(CCC)cn(CC)c2c(=O)[nH]1. The summed E-state index contributed by atoms with van der Waals surface area (Å²) in [5.41, 5.74) is 2.08. The highest BCUT2D eigenvalue weighted by Crippen LogP contribution is 2.33. The third kappa shape index (κ3) is 8.52. The lowest BCUT2D eigenvalue weighted by molar-refractivity contribution is -0.757. The van der Waals surface area contributed by atoms with Crippen molar-refractivity contribution in [3.63, 3.8) is 0 Å². The molecule has 4 rings (SSSR count). The van der Waals surface area contributed by atoms with Crippen LogP contribution in [0.1, 0.15) is 65.4 Å². The molecular formula is C32H46N6O9S. The number of carbonyl (C=O) groups is 1. The van der Waals surface area contributed by atoms with Crippen molar-refractivity contribution < 1.29 is 32.6 Å². The first-order valence-electron chi connectivity index (χ1n) is 16.6. The van der Waals surface area contributed by atoms with E-state index >= 15 is 0 Å². The van der Waals surface area contributed by atoms with Crippen LogP contribution in [-0.4, -0.2) is 95.3 Å². The summed E-state index contributed by atoms with van der Waals surface area (Å²) in [6.07, 6.45) is 5.58. The van der Waals surface area contributed by atoms with Gasteiger partial charge in [0.1, 0.15) is 23.1 Å². The molecule has 0 aliphatic carbocycles. The summed E-state index contributed by atoms with van der Waals surface area (Å²) >= 11 is 0. The number of aromatic amines is 1. The summed E-state index contributed by atoms with van der Waals surface area (Å²) in [5.74, 6) is 0.231. The zero-order chi connectivity index (χ0) is 34.8. The predicted octanol–water partition coefficient (Wildman–Crippen LogP) is 3.77. The highest BCUT2D eigenvalue weighted by molar-refractivity contribution is 7.89. The normalized spacial score (nSPS) is 15.0. The standard InChI is InChI=1S/C32H46N6O9S/c1-5-11-23-22-35(7-3)29-28(23)33-30(34-31(29)39)25-21-24(13-14-27(25)46-19-6-2)48(43,44)37-17-15-36(16-18-37)26(32(40)45-8-4)12-9-10-20-47-38(41)42/h13-14,21-22,26H,5-12,15-20H2,1-4H3,(H,33,34,39). The minimum Gasteiger partial charge on any atom is -0.493 e. The Bertz CT molecular complexity index is 1730. The van der Waals surface area contributed by atoms with E-state index in [0.29, 0.717) is 67.8 Å². The number of carbonyl (C=O) groups excluding carboxylic acids is 1. The number of nitrogens with one attached hydrogen (secondary N) is 1. The van der Waals surface area contributed by atoms with Gasteiger partial charge >= 0.3 is 5.97 Å². The molecule has 16 heteroatoms. The van der Waals surface area contributed by atoms with Crippen molar-refractivity contribution in [3.05, 3.63) is 50.4 Å². The van der Waals surface area contributed by atoms with Gasteiger partial charge in [0.15, 0.2) is 0 Å². The van der Waals surface area contributed by atoms with Gasteiger partial charge in [-0.3, -0.25) is 14.5 Å². The molecular weight excluding hydrogens is 644 g/mol. The van der Waals surface area contributed by atoms with E-state index in [0.717, 1.165) is 24.8 Å². The molecule has 15 nitrogen and oxygen atoms in total. The summed E-state index contributed by atoms with van der Waals surface area (Å²) < 4.78 is 42.5. The molecule has 1 atom stereocenters. The number of hydrogen-bond acceptors (Lipinski definition) is 11. The van der Waals surface area contributed by atoms with E-state index in [1.165, 1.54) is 16.4 Å². The van der Waals surface area contributed by atoms with Crippen LogP contribution < -0.4 is 10.3 Å². The number of sulfonamides is 1. The molecule has 0 bridgehead atoms. The molecule has 0 amide bonds. The number of unbranched alkanes of at least 4 members (excludes halogenated alkanes) is 1. The van der Waals surface area contributed by atoms with Crippen LogP contribution in [-0.2, 0) is 37.4 Å². The van der Waals surface area contributed by atoms with Gasteiger partial charge in [0.2, 0.25) is 10.0 Å². The topological polar surface area (TPSA) is 179 Å². The first-order chi connectivity index (χ1) is 23.0. The Balaban J connectivity index is 1.60. The van der Waals surface area contributed by atoms with E-state index in [4.69, 9.17) is 14.5 Å². The van der Waals surface area contributed by atoms with Crippen LogP contribution in [0.5, 0.6) is 5.75 Å². The number of piperazine rings is 1. The van der Waals surface area contributed by atoms with Crippen LogP contribution >= 0.6 is 0 Å². The van der Waals surface area contributed by atoms with Crippen molar-refractivity contribution in [2.24, 2.45) is 0 Å². The third-order valence-electron chi connectivity index (χ3n) is 8.30. The average molecular weight is 691 g/mol. The Kier molecular flexibility index (Phi) is 12.9. The zero-order valence-corrected chi connectivity index (χ0v) is 28.9. The Morgan fingerprint density at radius 2 is 1.83 bits per heavy atom. The van der Waals surface area contributed by atoms with Crippen LogP contribution in [0.15, 0.2) is 34.1 Å². The second kappa shape index (κ2) is 16.9. The molecule has 1 saturated heterocycles. The quantitative estimate of drug-likeness (QED) is 0.0889. The van der Waals surface area contributed by atoms with E-state index < -0.39 is 27.1 Å². The fraction of sp³-hybridized carbons (Fsp3) is 0.594. The number of H-pyrrole nitrogens is 1. The minimum absolute atomic E-state index is 0.0326. The molecule has 1 aromatic carbocycles. The van der Waals surface area contributed by atoms with Crippen LogP contribution in [0.3, 0.4) is 0 Å². The average Bonchev–Trinajstić information content (AvgIpc) is 3.43. The van der Waals surface area contributed by atoms with Gasteiger partial charge < -0.3 is 23.9 Å². The highest BCUT2D eigenvalue weighted by atomic mass is 32.2. The van der Waals surface area contributed by atoms with Crippen molar-refractivity contribution in [3.8, 4) is 17.1 Å². The lowest BCUT2D eigenvalue weighted by atomic mass is 10.1. The molecule has 2 aromatic heterocycles. The zero-order valence-electron chi connectivity index (χ0n) is 28.1. The van der Waals surface area contributed by atoms with Crippen molar-refractivity contribution in [2.75, 3.05) is 46.0 Å². The van der Waals surface area contributed by atoms with Crippen molar-refractivity contribution in [1.82, 2.24) is 23.7 Å². The fourth-order valence-electron chi connectivity index (χ4n) is 5.96. The van der Waals surface area contributed by atoms with Gasteiger partial charge in [-0.25, -0.2) is 13.4 Å². The summed E-state index contributed by atoms with van der Waals surface area (Å²) in [6, 6.07) is 3.99. The maximum absolute atomic E-state index is 14.0. The summed E-state index contributed by atoms with van der Waals surface area (Å²) in [5, 5.41) is 9.58. The van der Waals surface area contributed by atoms with Crippen molar-refractivity contribution >= 4 is 27.0 Å². The molecule has 1 aliphatic heterocycles. The van der Waals surface area contributed by atoms with Crippen LogP contribution in [0.25, 0.3) is 22.4 Å². The number of rotatable bonds is 18. The van der Waals surface area contributed by atoms with E-state index in [9.17, 15) is 28.1 Å². The Morgan fingerprint density at radius 1 is 1.08 bits per heavy atom. The number of hydrogen-bond donors (Lipinski definition) is 1. The Morgan fingerprint density at radius 3 is 2.48 bits per heavy atom. The Hall–Kier alpha value is -4.02. The van der Waals surface area contributed by atoms with Crippen molar-refractivity contribution in [2.45, 2.75) is 83.7 Å². The summed E-state index contributed by atoms with van der Waals surface area (Å²) in [7, 11) is -3.98. The van der Waals surface area contributed by atoms with E-state index in [1.807, 2.05) is 29.5 Å². The molecule has 48 heavy (non-hydrogen) atoms. The van der Waals surface area contributed by atoms with Gasteiger partial charge in [-0.1, -0.05) is 20.3 Å². The lowest BCUT2D eigenvalue weighted by Crippen LogP contribution is -2.54. The van der Waals surface area contributed by atoms with Crippen LogP contribution in [0.2, 0.25) is 0 Å². The molecule has 1 fully saturated rings. The number of fused-ring (bicyclic) bond motifs is 1. The molecule has 3 aromatic rings. The van der Waals surface area contributed by atoms with E-state index in [2.05, 4.69) is 16.7 Å². The predicted molar refractivity (Wildman–Crippen MR) is 179 cm³/mol. The molecule has 1 N–H and O–H groups in total. The summed E-state index contributed by atoms with van der Waals surface area (Å²) in [6.45, 7) is 9.69. The number of esters is 1. The maximum Gasteiger partial charge on any atom is 0.323 e. The smallest absolute Gasteiger partial charge is 0.323 e. The number of aryl methyl sites for hydroxylation is 2. The first kappa shape index (κ1) is 36.8. The molecule has 3 heterocycles. The number of ether oxygens (including phenoxy) is 2. The van der Waals surface area contributed by atoms with Gasteiger partial charge in [0.25, 0.3) is 10.6 Å². The lowest BCUT2D eigenvalue weighted by Gasteiger charge is -2.37. The molecule has 0 saturated carbocycles. The van der Waals surface area contributed by atoms with Gasteiger partial charge in [-0.15, -0.1) is 10.1 Å². The largest absolute Gasteiger partial charge is 0.493 e. The molecule has 264 valence electrons. The first-order valence-corrected chi connectivity index (χ1v) is 18.1. The number of nitrogens with zero attached hydrogens (tertiary/aromatic N) is 5. The van der Waals surface area contributed by atoms with Crippen molar-refractivity contribution in [1.29, 1.82) is 0 Å². The van der Waals surface area contributed by atoms with Gasteiger partial charge in [-0.2, -0.15) is 4.31 Å². The monoisotopic (exact) mass is 690 g/mol. The number of aromatic nitrogens is 3. The van der Waals surface area contributed by atoms with E-state index in [1.54, 1.807) is 13.0 Å². The van der Waals surface area contributed by atoms with Gasteiger partial charge in [-0.05, 0) is 69.7 Å². The molecule has 1 unspecified atom stereocenters. The van der Waals surface area contributed by atoms with Gasteiger partial charge in [0.05, 0.1) is 35.8 Å². The third-order valence-corrected chi connectivity index (χ3v) is 10.2. The fourth-order valence-corrected chi connectivity index (χ4v) is 7.41. The van der Waals surface area contributed by atoms with Crippen LogP contribution in [0.4, 0.5) is 0 Å². The minimum atomic E-state index is -3.98. The van der Waals surface area contributed by atoms with Gasteiger partial charge in [0, 0.05) is 38.9 Å². The van der Waals surface area contributed by atoms with E-state index in [-0.39, 0.29) is 42.6 Å². The Labute approximate surface area is 280 Å². The summed E-state index contributed by atoms with van der Waals surface area (Å²) in [4.78, 5) is 50.6.